The summed E-state index contributed by atoms with van der Waals surface area (Å²) in [5, 5.41) is 13.6. The maximum absolute atomic E-state index is 10.2. The van der Waals surface area contributed by atoms with Gasteiger partial charge in [-0.15, -0.1) is 0 Å². The molecule has 0 saturated heterocycles. The molecule has 0 spiro atoms. The minimum Gasteiger partial charge on any atom is -0.389 e. The zero-order valence-electron chi connectivity index (χ0n) is 11.1. The molecule has 0 rings (SSSR count). The van der Waals surface area contributed by atoms with E-state index in [0.29, 0.717) is 12.5 Å². The van der Waals surface area contributed by atoms with Crippen molar-refractivity contribution in [2.45, 2.75) is 59.5 Å². The van der Waals surface area contributed by atoms with Crippen LogP contribution in [0.1, 0.15) is 53.9 Å². The highest BCUT2D eigenvalue weighted by Crippen LogP contribution is 2.19. The van der Waals surface area contributed by atoms with E-state index in [-0.39, 0.29) is 0 Å². The molecular formula is C13H29NO. The average molecular weight is 215 g/mol. The first kappa shape index (κ1) is 14.9. The van der Waals surface area contributed by atoms with Crippen molar-refractivity contribution in [3.8, 4) is 0 Å². The first-order chi connectivity index (χ1) is 6.97. The summed E-state index contributed by atoms with van der Waals surface area (Å²) in [6.07, 6.45) is 3.46. The molecule has 2 heteroatoms. The molecule has 0 aliphatic heterocycles. The lowest BCUT2D eigenvalue weighted by Gasteiger charge is -2.30. The summed E-state index contributed by atoms with van der Waals surface area (Å²) in [5.74, 6) is 1.10. The van der Waals surface area contributed by atoms with Crippen LogP contribution in [0.15, 0.2) is 0 Å². The first-order valence-corrected chi connectivity index (χ1v) is 6.40. The number of hydrogen-bond acceptors (Lipinski definition) is 2. The van der Waals surface area contributed by atoms with Crippen LogP contribution in [-0.2, 0) is 0 Å². The van der Waals surface area contributed by atoms with Crippen LogP contribution < -0.4 is 5.32 Å². The number of aliphatic hydroxyl groups is 1. The predicted molar refractivity (Wildman–Crippen MR) is 67.0 cm³/mol. The molecule has 0 aliphatic carbocycles. The van der Waals surface area contributed by atoms with Crippen molar-refractivity contribution >= 4 is 0 Å². The van der Waals surface area contributed by atoms with E-state index in [4.69, 9.17) is 0 Å². The van der Waals surface area contributed by atoms with Crippen LogP contribution in [0.3, 0.4) is 0 Å². The van der Waals surface area contributed by atoms with Gasteiger partial charge in [-0.3, -0.25) is 0 Å². The number of rotatable bonds is 8. The van der Waals surface area contributed by atoms with Gasteiger partial charge < -0.3 is 10.4 Å². The van der Waals surface area contributed by atoms with E-state index in [0.717, 1.165) is 18.9 Å². The molecule has 92 valence electrons. The fourth-order valence-corrected chi connectivity index (χ4v) is 1.72. The summed E-state index contributed by atoms with van der Waals surface area (Å²) in [6, 6.07) is 0. The molecular weight excluding hydrogens is 186 g/mol. The van der Waals surface area contributed by atoms with Crippen LogP contribution in [0.5, 0.6) is 0 Å². The second kappa shape index (κ2) is 7.24. The summed E-state index contributed by atoms with van der Waals surface area (Å²) in [5.41, 5.74) is -0.569. The van der Waals surface area contributed by atoms with Crippen molar-refractivity contribution in [1.82, 2.24) is 5.32 Å². The second-order valence-corrected chi connectivity index (χ2v) is 4.98. The standard InChI is InChI=1S/C13H29NO/c1-6-11(4)13(5,15)10-14-9-12(7-2)8-3/h11-12,14-15H,6-10H2,1-5H3. The Hall–Kier alpha value is -0.0800. The monoisotopic (exact) mass is 215 g/mol. The van der Waals surface area contributed by atoms with Crippen molar-refractivity contribution in [3.05, 3.63) is 0 Å². The van der Waals surface area contributed by atoms with Gasteiger partial charge in [0.1, 0.15) is 0 Å². The van der Waals surface area contributed by atoms with Gasteiger partial charge in [0.05, 0.1) is 5.60 Å². The van der Waals surface area contributed by atoms with Crippen LogP contribution in [0.25, 0.3) is 0 Å². The Morgan fingerprint density at radius 2 is 1.67 bits per heavy atom. The molecule has 2 N–H and O–H groups in total. The molecule has 0 aromatic rings. The molecule has 2 nitrogen and oxygen atoms in total. The molecule has 15 heavy (non-hydrogen) atoms. The van der Waals surface area contributed by atoms with Crippen LogP contribution in [0.2, 0.25) is 0 Å². The van der Waals surface area contributed by atoms with Crippen molar-refractivity contribution in [1.29, 1.82) is 0 Å². The largest absolute Gasteiger partial charge is 0.389 e. The number of nitrogens with one attached hydrogen (secondary N) is 1. The van der Waals surface area contributed by atoms with Gasteiger partial charge in [0.15, 0.2) is 0 Å². The Balaban J connectivity index is 3.83. The molecule has 2 unspecified atom stereocenters. The lowest BCUT2D eigenvalue weighted by atomic mass is 9.88. The van der Waals surface area contributed by atoms with Gasteiger partial charge in [0.25, 0.3) is 0 Å². The fourth-order valence-electron chi connectivity index (χ4n) is 1.72. The van der Waals surface area contributed by atoms with Crippen molar-refractivity contribution in [2.75, 3.05) is 13.1 Å². The van der Waals surface area contributed by atoms with E-state index in [9.17, 15) is 5.11 Å². The highest BCUT2D eigenvalue weighted by molar-refractivity contribution is 4.81. The molecule has 0 aliphatic rings. The Bertz CT molecular complexity index is 153. The van der Waals surface area contributed by atoms with Crippen LogP contribution in [-0.4, -0.2) is 23.8 Å². The summed E-state index contributed by atoms with van der Waals surface area (Å²) in [4.78, 5) is 0. The molecule has 0 radical (unpaired) electrons. The van der Waals surface area contributed by atoms with E-state index in [2.05, 4.69) is 33.0 Å². The van der Waals surface area contributed by atoms with Gasteiger partial charge in [0, 0.05) is 6.54 Å². The lowest BCUT2D eigenvalue weighted by molar-refractivity contribution is 0.00493. The quantitative estimate of drug-likeness (QED) is 0.652. The topological polar surface area (TPSA) is 32.3 Å². The Morgan fingerprint density at radius 1 is 1.13 bits per heavy atom. The van der Waals surface area contributed by atoms with Crippen molar-refractivity contribution in [3.63, 3.8) is 0 Å². The van der Waals surface area contributed by atoms with E-state index in [1.807, 2.05) is 6.92 Å². The zero-order chi connectivity index (χ0) is 11.9. The first-order valence-electron chi connectivity index (χ1n) is 6.40. The van der Waals surface area contributed by atoms with Crippen LogP contribution >= 0.6 is 0 Å². The number of hydrogen-bond donors (Lipinski definition) is 2. The summed E-state index contributed by atoms with van der Waals surface area (Å²) >= 11 is 0. The molecule has 2 atom stereocenters. The molecule has 0 amide bonds. The molecule has 0 heterocycles. The van der Waals surface area contributed by atoms with Crippen LogP contribution in [0.4, 0.5) is 0 Å². The SMILES string of the molecule is CCC(CC)CNCC(C)(O)C(C)CC. The van der Waals surface area contributed by atoms with Gasteiger partial charge in [0.2, 0.25) is 0 Å². The Kier molecular flexibility index (Phi) is 7.20. The average Bonchev–Trinajstić information content (AvgIpc) is 2.23. The predicted octanol–water partition coefficient (Wildman–Crippen LogP) is 2.81. The van der Waals surface area contributed by atoms with Gasteiger partial charge in [-0.25, -0.2) is 0 Å². The summed E-state index contributed by atoms with van der Waals surface area (Å²) in [7, 11) is 0. The maximum Gasteiger partial charge on any atom is 0.0768 e. The van der Waals surface area contributed by atoms with Gasteiger partial charge in [-0.1, -0.05) is 47.0 Å². The van der Waals surface area contributed by atoms with E-state index in [1.54, 1.807) is 0 Å². The van der Waals surface area contributed by atoms with Gasteiger partial charge in [-0.2, -0.15) is 0 Å². The fraction of sp³-hybridized carbons (Fsp3) is 1.00. The summed E-state index contributed by atoms with van der Waals surface area (Å²) < 4.78 is 0. The highest BCUT2D eigenvalue weighted by atomic mass is 16.3. The Morgan fingerprint density at radius 3 is 2.07 bits per heavy atom. The minimum atomic E-state index is -0.569. The lowest BCUT2D eigenvalue weighted by Crippen LogP contribution is -2.44. The Labute approximate surface area is 95.5 Å². The normalized spacial score (nSPS) is 17.8. The third-order valence-corrected chi connectivity index (χ3v) is 3.74. The van der Waals surface area contributed by atoms with Crippen molar-refractivity contribution < 1.29 is 5.11 Å². The third-order valence-electron chi connectivity index (χ3n) is 3.74. The zero-order valence-corrected chi connectivity index (χ0v) is 11.1. The molecule has 0 saturated carbocycles. The van der Waals surface area contributed by atoms with Gasteiger partial charge in [-0.05, 0) is 25.3 Å². The van der Waals surface area contributed by atoms with Crippen molar-refractivity contribution in [2.24, 2.45) is 11.8 Å². The smallest absolute Gasteiger partial charge is 0.0768 e. The molecule has 0 fully saturated rings. The summed E-state index contributed by atoms with van der Waals surface area (Å²) in [6.45, 7) is 12.4. The third kappa shape index (κ3) is 5.53. The maximum atomic E-state index is 10.2. The minimum absolute atomic E-state index is 0.353. The second-order valence-electron chi connectivity index (χ2n) is 4.98. The highest BCUT2D eigenvalue weighted by Gasteiger charge is 2.26. The van der Waals surface area contributed by atoms with E-state index < -0.39 is 5.60 Å². The molecule has 0 aromatic carbocycles. The van der Waals surface area contributed by atoms with E-state index >= 15 is 0 Å². The van der Waals surface area contributed by atoms with Gasteiger partial charge >= 0.3 is 0 Å². The van der Waals surface area contributed by atoms with Crippen LogP contribution in [0, 0.1) is 11.8 Å². The molecule has 0 bridgehead atoms. The molecule has 0 aromatic heterocycles. The van der Waals surface area contributed by atoms with E-state index in [1.165, 1.54) is 12.8 Å².